The molecule has 10 heteroatoms. The maximum Gasteiger partial charge on any atom is 0.387 e. The fourth-order valence-corrected chi connectivity index (χ4v) is 3.40. The van der Waals surface area contributed by atoms with Crippen LogP contribution in [-0.2, 0) is 6.42 Å². The molecular weight excluding hydrogens is 454 g/mol. The lowest BCUT2D eigenvalue weighted by Gasteiger charge is -2.13. The van der Waals surface area contributed by atoms with Crippen molar-refractivity contribution < 1.29 is 27.0 Å². The normalized spacial score (nSPS) is 11.4. The Labute approximate surface area is 191 Å². The molecule has 6 nitrogen and oxygen atoms in total. The molecule has 2 aromatic heterocycles. The van der Waals surface area contributed by atoms with Gasteiger partial charge in [-0.05, 0) is 47.9 Å². The van der Waals surface area contributed by atoms with Gasteiger partial charge in [0.05, 0.1) is 11.3 Å². The van der Waals surface area contributed by atoms with Crippen LogP contribution in [0, 0.1) is 0 Å². The van der Waals surface area contributed by atoms with E-state index in [9.17, 15) is 22.4 Å². The van der Waals surface area contributed by atoms with Crippen LogP contribution >= 0.6 is 0 Å². The number of fused-ring (bicyclic) bond motifs is 1. The molecule has 0 aliphatic carbocycles. The van der Waals surface area contributed by atoms with Crippen molar-refractivity contribution in [3.05, 3.63) is 76.6 Å². The van der Waals surface area contributed by atoms with Crippen molar-refractivity contribution in [1.82, 2.24) is 14.8 Å². The third-order valence-corrected chi connectivity index (χ3v) is 5.01. The number of ether oxygens (including phenoxy) is 2. The van der Waals surface area contributed by atoms with E-state index >= 15 is 0 Å². The number of aromatic nitrogens is 3. The zero-order valence-electron chi connectivity index (χ0n) is 17.9. The van der Waals surface area contributed by atoms with Crippen molar-refractivity contribution in [2.45, 2.75) is 26.4 Å². The minimum Gasteiger partial charge on any atom is -0.472 e. The zero-order chi connectivity index (χ0) is 24.2. The van der Waals surface area contributed by atoms with Gasteiger partial charge in [0.1, 0.15) is 16.8 Å². The van der Waals surface area contributed by atoms with Crippen molar-refractivity contribution in [1.29, 1.82) is 0 Å². The first-order chi connectivity index (χ1) is 16.4. The van der Waals surface area contributed by atoms with Gasteiger partial charge in [-0.3, -0.25) is 4.79 Å². The van der Waals surface area contributed by atoms with Gasteiger partial charge in [0, 0.05) is 6.07 Å². The summed E-state index contributed by atoms with van der Waals surface area (Å²) in [6, 6.07) is 15.6. The SMILES string of the molecule is CCc1ccc(-n2nc3ccc(OCC(F)F)nc3c(-c3ccc(OC(F)F)cc3)c2=O)cc1. The Morgan fingerprint density at radius 1 is 0.941 bits per heavy atom. The van der Waals surface area contributed by atoms with Crippen molar-refractivity contribution in [2.24, 2.45) is 0 Å². The van der Waals surface area contributed by atoms with E-state index in [0.29, 0.717) is 16.8 Å². The third kappa shape index (κ3) is 5.00. The van der Waals surface area contributed by atoms with Crippen molar-refractivity contribution in [3.8, 4) is 28.4 Å². The number of hydrogen-bond acceptors (Lipinski definition) is 5. The molecule has 2 heterocycles. The van der Waals surface area contributed by atoms with Crippen LogP contribution in [0.4, 0.5) is 17.6 Å². The number of aryl methyl sites for hydroxylation is 1. The summed E-state index contributed by atoms with van der Waals surface area (Å²) in [7, 11) is 0. The van der Waals surface area contributed by atoms with Gasteiger partial charge >= 0.3 is 6.61 Å². The summed E-state index contributed by atoms with van der Waals surface area (Å²) in [6.45, 7) is -1.84. The Balaban J connectivity index is 1.89. The molecule has 2 aromatic carbocycles. The number of rotatable bonds is 8. The Kier molecular flexibility index (Phi) is 6.76. The molecule has 0 atom stereocenters. The van der Waals surface area contributed by atoms with Crippen LogP contribution in [-0.4, -0.2) is 34.4 Å². The van der Waals surface area contributed by atoms with Crippen LogP contribution in [0.3, 0.4) is 0 Å². The molecule has 0 radical (unpaired) electrons. The lowest BCUT2D eigenvalue weighted by molar-refractivity contribution is -0.0498. The van der Waals surface area contributed by atoms with Crippen LogP contribution in [0.25, 0.3) is 27.8 Å². The van der Waals surface area contributed by atoms with Crippen LogP contribution in [0.1, 0.15) is 12.5 Å². The van der Waals surface area contributed by atoms with E-state index < -0.39 is 25.2 Å². The molecule has 0 saturated heterocycles. The molecule has 176 valence electrons. The van der Waals surface area contributed by atoms with E-state index in [-0.39, 0.29) is 22.7 Å². The highest BCUT2D eigenvalue weighted by Gasteiger charge is 2.18. The molecular formula is C24H19F4N3O3. The van der Waals surface area contributed by atoms with Gasteiger partial charge in [-0.1, -0.05) is 31.2 Å². The van der Waals surface area contributed by atoms with Gasteiger partial charge in [-0.25, -0.2) is 13.8 Å². The van der Waals surface area contributed by atoms with Crippen molar-refractivity contribution >= 4 is 11.0 Å². The molecule has 0 fully saturated rings. The summed E-state index contributed by atoms with van der Waals surface area (Å²) in [4.78, 5) is 17.8. The van der Waals surface area contributed by atoms with Gasteiger partial charge in [-0.15, -0.1) is 0 Å². The first-order valence-electron chi connectivity index (χ1n) is 10.3. The fourth-order valence-electron chi connectivity index (χ4n) is 3.40. The molecule has 0 aliphatic heterocycles. The molecule has 4 aromatic rings. The highest BCUT2D eigenvalue weighted by molar-refractivity contribution is 5.91. The predicted molar refractivity (Wildman–Crippen MR) is 118 cm³/mol. The van der Waals surface area contributed by atoms with E-state index in [0.717, 1.165) is 12.0 Å². The first-order valence-corrected chi connectivity index (χ1v) is 10.3. The Morgan fingerprint density at radius 2 is 1.65 bits per heavy atom. The third-order valence-electron chi connectivity index (χ3n) is 5.01. The Bertz CT molecular complexity index is 1340. The summed E-state index contributed by atoms with van der Waals surface area (Å²) in [5.74, 6) is -0.181. The van der Waals surface area contributed by atoms with Crippen LogP contribution in [0.2, 0.25) is 0 Å². The van der Waals surface area contributed by atoms with E-state index in [1.165, 1.54) is 41.1 Å². The van der Waals surface area contributed by atoms with Gasteiger partial charge in [0.15, 0.2) is 6.61 Å². The number of hydrogen-bond donors (Lipinski definition) is 0. The van der Waals surface area contributed by atoms with Gasteiger partial charge in [0.2, 0.25) is 5.88 Å². The molecule has 0 unspecified atom stereocenters. The number of halogens is 4. The van der Waals surface area contributed by atoms with Gasteiger partial charge in [-0.2, -0.15) is 18.6 Å². The highest BCUT2D eigenvalue weighted by Crippen LogP contribution is 2.28. The van der Waals surface area contributed by atoms with Crippen molar-refractivity contribution in [2.75, 3.05) is 6.61 Å². The molecule has 0 bridgehead atoms. The Hall–Kier alpha value is -3.95. The lowest BCUT2D eigenvalue weighted by Crippen LogP contribution is -2.23. The molecule has 0 saturated carbocycles. The summed E-state index contributed by atoms with van der Waals surface area (Å²) in [6.07, 6.45) is -1.87. The second-order valence-corrected chi connectivity index (χ2v) is 7.23. The molecule has 0 spiro atoms. The largest absolute Gasteiger partial charge is 0.472 e. The quantitative estimate of drug-likeness (QED) is 0.327. The average molecular weight is 473 g/mol. The summed E-state index contributed by atoms with van der Waals surface area (Å²) < 4.78 is 60.8. The summed E-state index contributed by atoms with van der Waals surface area (Å²) >= 11 is 0. The molecule has 34 heavy (non-hydrogen) atoms. The van der Waals surface area contributed by atoms with Crippen LogP contribution in [0.5, 0.6) is 11.6 Å². The van der Waals surface area contributed by atoms with E-state index in [4.69, 9.17) is 4.74 Å². The monoisotopic (exact) mass is 473 g/mol. The predicted octanol–water partition coefficient (Wildman–Crippen LogP) is 5.26. The molecule has 0 amide bonds. The smallest absolute Gasteiger partial charge is 0.387 e. The molecule has 4 rings (SSSR count). The number of pyridine rings is 1. The fraction of sp³-hybridized carbons (Fsp3) is 0.208. The molecule has 0 aliphatic rings. The maximum absolute atomic E-state index is 13.5. The zero-order valence-corrected chi connectivity index (χ0v) is 17.9. The van der Waals surface area contributed by atoms with Gasteiger partial charge in [0.25, 0.3) is 12.0 Å². The second kappa shape index (κ2) is 9.90. The van der Waals surface area contributed by atoms with Crippen LogP contribution in [0.15, 0.2) is 65.5 Å². The van der Waals surface area contributed by atoms with Gasteiger partial charge < -0.3 is 9.47 Å². The number of alkyl halides is 4. The van der Waals surface area contributed by atoms with Crippen LogP contribution < -0.4 is 15.0 Å². The minimum absolute atomic E-state index is 0.0819. The molecule has 0 N–H and O–H groups in total. The number of nitrogens with zero attached hydrogens (tertiary/aromatic N) is 3. The van der Waals surface area contributed by atoms with E-state index in [2.05, 4.69) is 14.8 Å². The first kappa shape index (κ1) is 23.2. The summed E-state index contributed by atoms with van der Waals surface area (Å²) in [5.41, 5.74) is 1.97. The second-order valence-electron chi connectivity index (χ2n) is 7.23. The summed E-state index contributed by atoms with van der Waals surface area (Å²) in [5, 5.41) is 4.39. The topological polar surface area (TPSA) is 66.2 Å². The minimum atomic E-state index is -2.99. The van der Waals surface area contributed by atoms with Crippen molar-refractivity contribution in [3.63, 3.8) is 0 Å². The Morgan fingerprint density at radius 3 is 2.26 bits per heavy atom. The van der Waals surface area contributed by atoms with E-state index in [1.54, 1.807) is 12.1 Å². The standard InChI is InChI=1S/C24H19F4N3O3/c1-2-14-3-7-16(8-4-14)31-23(32)21(15-5-9-17(10-6-15)34-24(27)28)22-18(30-31)11-12-20(29-22)33-13-19(25)26/h3-12,19,24H,2,13H2,1H3. The number of benzene rings is 2. The lowest BCUT2D eigenvalue weighted by atomic mass is 10.1. The van der Waals surface area contributed by atoms with E-state index in [1.807, 2.05) is 19.1 Å². The highest BCUT2D eigenvalue weighted by atomic mass is 19.3. The average Bonchev–Trinajstić information content (AvgIpc) is 2.83. The maximum atomic E-state index is 13.5.